The predicted molar refractivity (Wildman–Crippen MR) is 99.8 cm³/mol. The summed E-state index contributed by atoms with van der Waals surface area (Å²) in [6.07, 6.45) is 0. The Kier molecular flexibility index (Phi) is 6.98. The second-order valence-electron chi connectivity index (χ2n) is 4.75. The molecule has 0 aliphatic rings. The number of thiocarbonyl (C=S) groups is 1. The molecular weight excluding hydrogens is 346 g/mol. The van der Waals surface area contributed by atoms with Crippen LogP contribution in [0.25, 0.3) is 0 Å². The lowest BCUT2D eigenvalue weighted by atomic mass is 10.3. The van der Waals surface area contributed by atoms with Crippen LogP contribution in [0.3, 0.4) is 0 Å². The lowest BCUT2D eigenvalue weighted by Crippen LogP contribution is -2.31. The highest BCUT2D eigenvalue weighted by atomic mass is 32.2. The molecule has 0 atom stereocenters. The molecule has 0 bridgehead atoms. The van der Waals surface area contributed by atoms with Crippen molar-refractivity contribution in [3.05, 3.63) is 58.6 Å². The Morgan fingerprint density at radius 1 is 1.17 bits per heavy atom. The van der Waals surface area contributed by atoms with E-state index in [0.29, 0.717) is 18.3 Å². The number of non-ortho nitro benzene ring substituents is 1. The molecule has 0 spiro atoms. The quantitative estimate of drug-likeness (QED) is 0.336. The van der Waals surface area contributed by atoms with Crippen molar-refractivity contribution in [2.24, 2.45) is 0 Å². The van der Waals surface area contributed by atoms with Crippen molar-refractivity contribution in [1.82, 2.24) is 5.32 Å². The number of nitro benzene ring substituents is 1. The van der Waals surface area contributed by atoms with Gasteiger partial charge in [0, 0.05) is 41.3 Å². The van der Waals surface area contributed by atoms with Gasteiger partial charge in [0.25, 0.3) is 5.69 Å². The molecule has 8 heteroatoms. The summed E-state index contributed by atoms with van der Waals surface area (Å²) in [6.45, 7) is 1.24. The van der Waals surface area contributed by atoms with E-state index >= 15 is 0 Å². The Balaban J connectivity index is 1.89. The molecule has 6 nitrogen and oxygen atoms in total. The number of nitrogens with one attached hydrogen (secondary N) is 2. The molecule has 24 heavy (non-hydrogen) atoms. The molecule has 0 saturated carbocycles. The first kappa shape index (κ1) is 18.2. The maximum Gasteiger partial charge on any atom is 0.269 e. The molecule has 0 radical (unpaired) electrons. The first-order valence-electron chi connectivity index (χ1n) is 7.14. The molecule has 2 aromatic rings. The fourth-order valence-electron chi connectivity index (χ4n) is 1.82. The Hall–Kier alpha value is -2.16. The molecule has 2 rings (SSSR count). The standard InChI is InChI=1S/C16H17N3O3S2/c1-22-11-10-17-16(23)18-12-2-6-14(7-3-12)24-15-8-4-13(5-9-15)19(20)21/h2-9H,10-11H2,1H3,(H2,17,18,23). The third kappa shape index (κ3) is 5.80. The zero-order chi connectivity index (χ0) is 17.4. The van der Waals surface area contributed by atoms with Crippen LogP contribution < -0.4 is 10.6 Å². The van der Waals surface area contributed by atoms with Gasteiger partial charge in [-0.25, -0.2) is 0 Å². The van der Waals surface area contributed by atoms with E-state index in [-0.39, 0.29) is 5.69 Å². The van der Waals surface area contributed by atoms with E-state index in [1.54, 1.807) is 19.2 Å². The lowest BCUT2D eigenvalue weighted by molar-refractivity contribution is -0.384. The molecule has 0 saturated heterocycles. The topological polar surface area (TPSA) is 76.4 Å². The van der Waals surface area contributed by atoms with Crippen LogP contribution in [-0.4, -0.2) is 30.3 Å². The largest absolute Gasteiger partial charge is 0.383 e. The van der Waals surface area contributed by atoms with E-state index in [1.165, 1.54) is 23.9 Å². The molecule has 126 valence electrons. The van der Waals surface area contributed by atoms with E-state index < -0.39 is 4.92 Å². The summed E-state index contributed by atoms with van der Waals surface area (Å²) < 4.78 is 4.95. The molecule has 0 aliphatic heterocycles. The normalized spacial score (nSPS) is 10.2. The van der Waals surface area contributed by atoms with Gasteiger partial charge in [-0.3, -0.25) is 10.1 Å². The number of nitrogens with zero attached hydrogens (tertiary/aromatic N) is 1. The van der Waals surface area contributed by atoms with Crippen LogP contribution >= 0.6 is 24.0 Å². The van der Waals surface area contributed by atoms with Gasteiger partial charge in [0.05, 0.1) is 11.5 Å². The molecule has 0 unspecified atom stereocenters. The first-order valence-corrected chi connectivity index (χ1v) is 8.37. The molecule has 0 amide bonds. The molecule has 2 aromatic carbocycles. The smallest absolute Gasteiger partial charge is 0.269 e. The second kappa shape index (κ2) is 9.21. The zero-order valence-corrected chi connectivity index (χ0v) is 14.7. The van der Waals surface area contributed by atoms with E-state index in [4.69, 9.17) is 17.0 Å². The summed E-state index contributed by atoms with van der Waals surface area (Å²) >= 11 is 6.72. The van der Waals surface area contributed by atoms with Crippen LogP contribution in [0.5, 0.6) is 0 Å². The Morgan fingerprint density at radius 3 is 2.29 bits per heavy atom. The third-order valence-electron chi connectivity index (χ3n) is 2.99. The number of benzene rings is 2. The van der Waals surface area contributed by atoms with E-state index in [1.807, 2.05) is 24.3 Å². The number of nitro groups is 1. The highest BCUT2D eigenvalue weighted by Crippen LogP contribution is 2.29. The van der Waals surface area contributed by atoms with Gasteiger partial charge in [-0.1, -0.05) is 11.8 Å². The molecule has 0 heterocycles. The zero-order valence-electron chi connectivity index (χ0n) is 13.0. The van der Waals surface area contributed by atoms with E-state index in [9.17, 15) is 10.1 Å². The lowest BCUT2D eigenvalue weighted by Gasteiger charge is -2.10. The monoisotopic (exact) mass is 363 g/mol. The number of hydrogen-bond acceptors (Lipinski definition) is 5. The van der Waals surface area contributed by atoms with Gasteiger partial charge < -0.3 is 15.4 Å². The summed E-state index contributed by atoms with van der Waals surface area (Å²) in [5, 5.41) is 17.3. The minimum absolute atomic E-state index is 0.0911. The van der Waals surface area contributed by atoms with Crippen molar-refractivity contribution < 1.29 is 9.66 Å². The van der Waals surface area contributed by atoms with Gasteiger partial charge in [0.15, 0.2) is 5.11 Å². The number of hydrogen-bond donors (Lipinski definition) is 2. The molecule has 0 aromatic heterocycles. The van der Waals surface area contributed by atoms with Crippen molar-refractivity contribution >= 4 is 40.5 Å². The Bertz CT molecular complexity index is 691. The van der Waals surface area contributed by atoms with Gasteiger partial charge in [0.1, 0.15) is 0 Å². The minimum Gasteiger partial charge on any atom is -0.383 e. The predicted octanol–water partition coefficient (Wildman–Crippen LogP) is 3.68. The van der Waals surface area contributed by atoms with Crippen molar-refractivity contribution in [3.8, 4) is 0 Å². The SMILES string of the molecule is COCCNC(=S)Nc1ccc(Sc2ccc([N+](=O)[O-])cc2)cc1. The number of anilines is 1. The fourth-order valence-corrected chi connectivity index (χ4v) is 2.86. The summed E-state index contributed by atoms with van der Waals surface area (Å²) in [7, 11) is 1.64. The highest BCUT2D eigenvalue weighted by Gasteiger charge is 2.05. The average Bonchev–Trinajstić information content (AvgIpc) is 2.57. The van der Waals surface area contributed by atoms with Crippen LogP contribution in [-0.2, 0) is 4.74 Å². The fraction of sp³-hybridized carbons (Fsp3) is 0.188. The van der Waals surface area contributed by atoms with Crippen LogP contribution in [0.4, 0.5) is 11.4 Å². The summed E-state index contributed by atoms with van der Waals surface area (Å²) in [5.74, 6) is 0. The summed E-state index contributed by atoms with van der Waals surface area (Å²) in [6, 6.07) is 14.3. The molecule has 2 N–H and O–H groups in total. The van der Waals surface area contributed by atoms with Gasteiger partial charge in [-0.15, -0.1) is 0 Å². The summed E-state index contributed by atoms with van der Waals surface area (Å²) in [5.41, 5.74) is 0.978. The van der Waals surface area contributed by atoms with Gasteiger partial charge in [-0.2, -0.15) is 0 Å². The second-order valence-corrected chi connectivity index (χ2v) is 6.31. The molecule has 0 fully saturated rings. The molecular formula is C16H17N3O3S2. The molecule has 0 aliphatic carbocycles. The number of ether oxygens (including phenoxy) is 1. The minimum atomic E-state index is -0.404. The van der Waals surface area contributed by atoms with Crippen molar-refractivity contribution in [1.29, 1.82) is 0 Å². The van der Waals surface area contributed by atoms with Crippen LogP contribution in [0.15, 0.2) is 58.3 Å². The first-order chi connectivity index (χ1) is 11.6. The Labute approximate surface area is 149 Å². The van der Waals surface area contributed by atoms with Crippen LogP contribution in [0.1, 0.15) is 0 Å². The maximum atomic E-state index is 10.6. The Morgan fingerprint density at radius 2 is 1.75 bits per heavy atom. The maximum absolute atomic E-state index is 10.6. The number of rotatable bonds is 7. The van der Waals surface area contributed by atoms with Crippen molar-refractivity contribution in [2.75, 3.05) is 25.6 Å². The highest BCUT2D eigenvalue weighted by molar-refractivity contribution is 7.99. The van der Waals surface area contributed by atoms with Gasteiger partial charge in [0.2, 0.25) is 0 Å². The average molecular weight is 363 g/mol. The van der Waals surface area contributed by atoms with Crippen molar-refractivity contribution in [2.45, 2.75) is 9.79 Å². The van der Waals surface area contributed by atoms with Crippen molar-refractivity contribution in [3.63, 3.8) is 0 Å². The van der Waals surface area contributed by atoms with Gasteiger partial charge in [-0.05, 0) is 48.6 Å². The van der Waals surface area contributed by atoms with E-state index in [0.717, 1.165) is 15.5 Å². The van der Waals surface area contributed by atoms with Crippen LogP contribution in [0.2, 0.25) is 0 Å². The van der Waals surface area contributed by atoms with Crippen LogP contribution in [0, 0.1) is 10.1 Å². The van der Waals surface area contributed by atoms with Gasteiger partial charge >= 0.3 is 0 Å². The van der Waals surface area contributed by atoms with E-state index in [2.05, 4.69) is 10.6 Å². The third-order valence-corrected chi connectivity index (χ3v) is 4.25. The summed E-state index contributed by atoms with van der Waals surface area (Å²) in [4.78, 5) is 12.2. The number of methoxy groups -OCH3 is 1.